The summed E-state index contributed by atoms with van der Waals surface area (Å²) in [5.41, 5.74) is 9.31. The summed E-state index contributed by atoms with van der Waals surface area (Å²) in [6.07, 6.45) is 3.20. The molecule has 0 fully saturated rings. The van der Waals surface area contributed by atoms with E-state index in [1.165, 1.54) is 6.33 Å². The van der Waals surface area contributed by atoms with E-state index in [1.54, 1.807) is 17.9 Å². The van der Waals surface area contributed by atoms with Gasteiger partial charge in [0.2, 0.25) is 5.91 Å². The second-order valence-electron chi connectivity index (χ2n) is 6.40. The summed E-state index contributed by atoms with van der Waals surface area (Å²) in [7, 11) is 0. The van der Waals surface area contributed by atoms with Crippen LogP contribution in [0.25, 0.3) is 11.1 Å². The zero-order valence-corrected chi connectivity index (χ0v) is 15.5. The number of urea groups is 1. The van der Waals surface area contributed by atoms with E-state index in [1.807, 2.05) is 24.3 Å². The molecule has 3 amide bonds. The minimum atomic E-state index is -0.856. The molecule has 8 nitrogen and oxygen atoms in total. The van der Waals surface area contributed by atoms with Crippen molar-refractivity contribution in [3.05, 3.63) is 72.3 Å². The van der Waals surface area contributed by atoms with Crippen molar-refractivity contribution >= 4 is 11.9 Å². The van der Waals surface area contributed by atoms with Crippen molar-refractivity contribution in [2.45, 2.75) is 26.1 Å². The molecule has 28 heavy (non-hydrogen) atoms. The summed E-state index contributed by atoms with van der Waals surface area (Å²) in [4.78, 5) is 26.6. The monoisotopic (exact) mass is 378 g/mol. The third kappa shape index (κ3) is 5.01. The van der Waals surface area contributed by atoms with Gasteiger partial charge in [0, 0.05) is 6.54 Å². The fourth-order valence-corrected chi connectivity index (χ4v) is 2.83. The fourth-order valence-electron chi connectivity index (χ4n) is 2.83. The number of benzene rings is 2. The second-order valence-corrected chi connectivity index (χ2v) is 6.40. The highest BCUT2D eigenvalue weighted by Gasteiger charge is 2.14. The van der Waals surface area contributed by atoms with Gasteiger partial charge in [0.25, 0.3) is 0 Å². The van der Waals surface area contributed by atoms with Crippen molar-refractivity contribution in [3.63, 3.8) is 0 Å². The smallest absolute Gasteiger partial charge is 0.318 e. The molecule has 0 aliphatic heterocycles. The molecule has 1 aromatic heterocycles. The SMILES string of the molecule is C[C@@H](NCc1ccccc1-c1ccc(Cn2cncn2)cc1)C(=O)NC(N)=O. The van der Waals surface area contributed by atoms with Crippen molar-refractivity contribution in [1.29, 1.82) is 0 Å². The van der Waals surface area contributed by atoms with Crippen LogP contribution in [0.4, 0.5) is 4.79 Å². The van der Waals surface area contributed by atoms with Crippen LogP contribution in [0.15, 0.2) is 61.2 Å². The molecular formula is C20H22N6O2. The number of imide groups is 1. The van der Waals surface area contributed by atoms with Crippen molar-refractivity contribution in [2.24, 2.45) is 5.73 Å². The molecular weight excluding hydrogens is 356 g/mol. The Morgan fingerprint density at radius 1 is 1.14 bits per heavy atom. The van der Waals surface area contributed by atoms with Crippen LogP contribution >= 0.6 is 0 Å². The molecule has 144 valence electrons. The predicted octanol–water partition coefficient (Wildman–Crippen LogP) is 1.67. The Hall–Kier alpha value is -3.52. The second kappa shape index (κ2) is 8.92. The third-order valence-electron chi connectivity index (χ3n) is 4.33. The maximum absolute atomic E-state index is 11.8. The summed E-state index contributed by atoms with van der Waals surface area (Å²) in [5, 5.41) is 9.31. The van der Waals surface area contributed by atoms with Crippen LogP contribution in [0.2, 0.25) is 0 Å². The molecule has 0 saturated carbocycles. The number of nitrogens with one attached hydrogen (secondary N) is 2. The highest BCUT2D eigenvalue weighted by Crippen LogP contribution is 2.24. The Labute approximate surface area is 162 Å². The number of rotatable bonds is 7. The van der Waals surface area contributed by atoms with E-state index in [2.05, 4.69) is 45.0 Å². The normalized spacial score (nSPS) is 11.8. The van der Waals surface area contributed by atoms with Crippen molar-refractivity contribution in [1.82, 2.24) is 25.4 Å². The Morgan fingerprint density at radius 2 is 1.89 bits per heavy atom. The van der Waals surface area contributed by atoms with Gasteiger partial charge in [-0.25, -0.2) is 14.5 Å². The van der Waals surface area contributed by atoms with E-state index in [4.69, 9.17) is 5.73 Å². The van der Waals surface area contributed by atoms with E-state index in [9.17, 15) is 9.59 Å². The van der Waals surface area contributed by atoms with Crippen LogP contribution in [-0.2, 0) is 17.9 Å². The van der Waals surface area contributed by atoms with E-state index in [0.29, 0.717) is 13.1 Å². The van der Waals surface area contributed by atoms with Gasteiger partial charge in [0.15, 0.2) is 0 Å². The molecule has 0 unspecified atom stereocenters. The lowest BCUT2D eigenvalue weighted by atomic mass is 9.98. The third-order valence-corrected chi connectivity index (χ3v) is 4.33. The number of carbonyl (C=O) groups is 2. The molecule has 0 bridgehead atoms. The number of nitrogens with zero attached hydrogens (tertiary/aromatic N) is 3. The van der Waals surface area contributed by atoms with Gasteiger partial charge in [-0.3, -0.25) is 10.1 Å². The average molecular weight is 378 g/mol. The molecule has 8 heteroatoms. The quantitative estimate of drug-likeness (QED) is 0.578. The van der Waals surface area contributed by atoms with Gasteiger partial charge < -0.3 is 11.1 Å². The molecule has 2 aromatic carbocycles. The van der Waals surface area contributed by atoms with E-state index in [0.717, 1.165) is 22.3 Å². The van der Waals surface area contributed by atoms with Crippen LogP contribution in [0, 0.1) is 0 Å². The maximum atomic E-state index is 11.8. The van der Waals surface area contributed by atoms with Crippen molar-refractivity contribution in [2.75, 3.05) is 0 Å². The lowest BCUT2D eigenvalue weighted by Gasteiger charge is -2.15. The summed E-state index contributed by atoms with van der Waals surface area (Å²) < 4.78 is 1.77. The first-order valence-electron chi connectivity index (χ1n) is 8.86. The summed E-state index contributed by atoms with van der Waals surface area (Å²) in [6.45, 7) is 2.82. The molecule has 3 rings (SSSR count). The Morgan fingerprint density at radius 3 is 2.57 bits per heavy atom. The number of primary amides is 1. The molecule has 1 atom stereocenters. The highest BCUT2D eigenvalue weighted by molar-refractivity contribution is 5.96. The summed E-state index contributed by atoms with van der Waals surface area (Å²) in [6, 6.07) is 14.8. The number of amides is 3. The molecule has 1 heterocycles. The highest BCUT2D eigenvalue weighted by atomic mass is 16.2. The van der Waals surface area contributed by atoms with Crippen molar-refractivity contribution in [3.8, 4) is 11.1 Å². The molecule has 0 aliphatic rings. The number of aromatic nitrogens is 3. The first kappa shape index (κ1) is 19.2. The minimum Gasteiger partial charge on any atom is -0.351 e. The van der Waals surface area contributed by atoms with Crippen LogP contribution in [0.3, 0.4) is 0 Å². The maximum Gasteiger partial charge on any atom is 0.318 e. The number of hydrogen-bond donors (Lipinski definition) is 3. The standard InChI is InChI=1S/C20H22N6O2/c1-14(19(27)25-20(21)28)23-10-17-4-2-3-5-18(17)16-8-6-15(7-9-16)11-26-13-22-12-24-26/h2-9,12-14,23H,10-11H2,1H3,(H3,21,25,27,28)/t14-/m1/s1. The number of carbonyl (C=O) groups excluding carboxylic acids is 2. The van der Waals surface area contributed by atoms with Gasteiger partial charge in [0.1, 0.15) is 12.7 Å². The van der Waals surface area contributed by atoms with Gasteiger partial charge in [-0.2, -0.15) is 5.10 Å². The zero-order chi connectivity index (χ0) is 19.9. The fraction of sp³-hybridized carbons (Fsp3) is 0.200. The Kier molecular flexibility index (Phi) is 6.13. The predicted molar refractivity (Wildman–Crippen MR) is 105 cm³/mol. The molecule has 0 aliphatic carbocycles. The lowest BCUT2D eigenvalue weighted by molar-refractivity contribution is -0.121. The Balaban J connectivity index is 1.69. The molecule has 0 spiro atoms. The van der Waals surface area contributed by atoms with Gasteiger partial charge in [-0.15, -0.1) is 0 Å². The first-order chi connectivity index (χ1) is 13.5. The summed E-state index contributed by atoms with van der Waals surface area (Å²) in [5.74, 6) is -0.456. The Bertz CT molecular complexity index is 938. The largest absolute Gasteiger partial charge is 0.351 e. The minimum absolute atomic E-state index is 0.456. The van der Waals surface area contributed by atoms with Crippen molar-refractivity contribution < 1.29 is 9.59 Å². The average Bonchev–Trinajstić information content (AvgIpc) is 3.19. The topological polar surface area (TPSA) is 115 Å². The zero-order valence-electron chi connectivity index (χ0n) is 15.5. The summed E-state index contributed by atoms with van der Waals surface area (Å²) >= 11 is 0. The lowest BCUT2D eigenvalue weighted by Crippen LogP contribution is -2.46. The molecule has 0 radical (unpaired) electrons. The van der Waals surface area contributed by atoms with Crippen LogP contribution in [0.1, 0.15) is 18.1 Å². The van der Waals surface area contributed by atoms with Crippen LogP contribution in [0.5, 0.6) is 0 Å². The van der Waals surface area contributed by atoms with Gasteiger partial charge in [0.05, 0.1) is 12.6 Å². The first-order valence-corrected chi connectivity index (χ1v) is 8.86. The molecule has 3 aromatic rings. The van der Waals surface area contributed by atoms with Crippen LogP contribution < -0.4 is 16.4 Å². The van der Waals surface area contributed by atoms with Crippen LogP contribution in [-0.4, -0.2) is 32.7 Å². The number of hydrogen-bond acceptors (Lipinski definition) is 5. The van der Waals surface area contributed by atoms with Gasteiger partial charge >= 0.3 is 6.03 Å². The van der Waals surface area contributed by atoms with E-state index >= 15 is 0 Å². The molecule has 0 saturated heterocycles. The molecule has 4 N–H and O–H groups in total. The van der Waals surface area contributed by atoms with Gasteiger partial charge in [-0.1, -0.05) is 48.5 Å². The number of nitrogens with two attached hydrogens (primary N) is 1. The van der Waals surface area contributed by atoms with E-state index < -0.39 is 18.0 Å². The van der Waals surface area contributed by atoms with Gasteiger partial charge in [-0.05, 0) is 29.2 Å². The van der Waals surface area contributed by atoms with E-state index in [-0.39, 0.29) is 0 Å².